The first-order valence-corrected chi connectivity index (χ1v) is 7.87. The zero-order valence-electron chi connectivity index (χ0n) is 11.9. The number of phenolic OH excluding ortho intramolecular Hbond substituents is 1. The second kappa shape index (κ2) is 5.50. The highest BCUT2D eigenvalue weighted by Crippen LogP contribution is 2.40. The number of nitrogens with zero attached hydrogens (tertiary/aromatic N) is 1. The van der Waals surface area contributed by atoms with Crippen LogP contribution < -0.4 is 0 Å². The number of likely N-dealkylation sites (tertiary alicyclic amines) is 1. The predicted molar refractivity (Wildman–Crippen MR) is 80.5 cm³/mol. The molecule has 1 saturated carbocycles. The van der Waals surface area contributed by atoms with E-state index in [-0.39, 0.29) is 23.1 Å². The van der Waals surface area contributed by atoms with E-state index in [1.807, 2.05) is 0 Å². The van der Waals surface area contributed by atoms with Gasteiger partial charge in [0.15, 0.2) is 0 Å². The molecule has 3 rings (SSSR count). The van der Waals surface area contributed by atoms with Crippen molar-refractivity contribution in [2.24, 2.45) is 5.92 Å². The molecule has 0 spiro atoms. The van der Waals surface area contributed by atoms with Gasteiger partial charge < -0.3 is 15.1 Å². The van der Waals surface area contributed by atoms with Gasteiger partial charge in [-0.05, 0) is 37.5 Å². The quantitative estimate of drug-likeness (QED) is 0.838. The van der Waals surface area contributed by atoms with Crippen molar-refractivity contribution in [2.45, 2.75) is 37.7 Å². The van der Waals surface area contributed by atoms with Gasteiger partial charge in [0.05, 0.1) is 11.2 Å². The van der Waals surface area contributed by atoms with Gasteiger partial charge in [0, 0.05) is 24.0 Å². The number of halogens is 1. The van der Waals surface area contributed by atoms with E-state index >= 15 is 0 Å². The van der Waals surface area contributed by atoms with Crippen molar-refractivity contribution < 1.29 is 15.0 Å². The average Bonchev–Trinajstić information content (AvgIpc) is 2.48. The average molecular weight is 310 g/mol. The Labute approximate surface area is 129 Å². The van der Waals surface area contributed by atoms with Gasteiger partial charge in [-0.3, -0.25) is 4.79 Å². The molecule has 2 N–H and O–H groups in total. The molecular weight excluding hydrogens is 290 g/mol. The van der Waals surface area contributed by atoms with Crippen LogP contribution in [0.5, 0.6) is 5.75 Å². The number of benzene rings is 1. The molecule has 1 aromatic carbocycles. The molecule has 21 heavy (non-hydrogen) atoms. The zero-order chi connectivity index (χ0) is 15.0. The summed E-state index contributed by atoms with van der Waals surface area (Å²) < 4.78 is 0. The first kappa shape index (κ1) is 14.7. The van der Waals surface area contributed by atoms with Crippen LogP contribution in [0.1, 0.15) is 42.5 Å². The van der Waals surface area contributed by atoms with Crippen molar-refractivity contribution in [3.63, 3.8) is 0 Å². The van der Waals surface area contributed by atoms with E-state index in [2.05, 4.69) is 0 Å². The summed E-state index contributed by atoms with van der Waals surface area (Å²) in [5.74, 6) is -0.109. The minimum absolute atomic E-state index is 0.0473. The maximum absolute atomic E-state index is 12.6. The summed E-state index contributed by atoms with van der Waals surface area (Å²) >= 11 is 5.91. The number of hydrogen-bond acceptors (Lipinski definition) is 3. The van der Waals surface area contributed by atoms with E-state index in [1.54, 1.807) is 11.0 Å². The van der Waals surface area contributed by atoms with E-state index in [1.165, 1.54) is 12.1 Å². The van der Waals surface area contributed by atoms with Gasteiger partial charge in [0.1, 0.15) is 5.75 Å². The summed E-state index contributed by atoms with van der Waals surface area (Å²) in [5, 5.41) is 20.9. The van der Waals surface area contributed by atoms with Gasteiger partial charge in [-0.1, -0.05) is 24.4 Å². The molecule has 4 nitrogen and oxygen atoms in total. The number of phenols is 1. The molecule has 5 heteroatoms. The van der Waals surface area contributed by atoms with E-state index in [4.69, 9.17) is 11.6 Å². The fourth-order valence-electron chi connectivity index (χ4n) is 3.61. The molecule has 0 aromatic heterocycles. The summed E-state index contributed by atoms with van der Waals surface area (Å²) in [4.78, 5) is 14.3. The third-order valence-electron chi connectivity index (χ3n) is 4.90. The Bertz CT molecular complexity index is 562. The molecule has 1 aromatic rings. The van der Waals surface area contributed by atoms with E-state index < -0.39 is 5.60 Å². The second-order valence-electron chi connectivity index (χ2n) is 6.21. The molecule has 114 valence electrons. The number of piperidine rings is 1. The summed E-state index contributed by atoms with van der Waals surface area (Å²) in [7, 11) is 0. The number of aliphatic hydroxyl groups is 1. The monoisotopic (exact) mass is 309 g/mol. The largest absolute Gasteiger partial charge is 0.507 e. The van der Waals surface area contributed by atoms with Gasteiger partial charge in [-0.15, -0.1) is 0 Å². The van der Waals surface area contributed by atoms with Crippen LogP contribution in [-0.2, 0) is 0 Å². The molecule has 1 saturated heterocycles. The number of rotatable bonds is 1. The van der Waals surface area contributed by atoms with Crippen molar-refractivity contribution in [1.82, 2.24) is 4.90 Å². The summed E-state index contributed by atoms with van der Waals surface area (Å²) in [6, 6.07) is 4.50. The van der Waals surface area contributed by atoms with Crippen molar-refractivity contribution in [2.75, 3.05) is 13.1 Å². The molecule has 1 aliphatic heterocycles. The minimum Gasteiger partial charge on any atom is -0.507 e. The Morgan fingerprint density at radius 1 is 1.33 bits per heavy atom. The Morgan fingerprint density at radius 2 is 2.14 bits per heavy atom. The Balaban J connectivity index is 1.79. The molecule has 2 unspecified atom stereocenters. The van der Waals surface area contributed by atoms with Crippen LogP contribution in [0.25, 0.3) is 0 Å². The number of aromatic hydroxyl groups is 1. The van der Waals surface area contributed by atoms with Gasteiger partial charge in [-0.2, -0.15) is 0 Å². The lowest BCUT2D eigenvalue weighted by Crippen LogP contribution is -2.54. The Morgan fingerprint density at radius 3 is 2.95 bits per heavy atom. The first-order valence-electron chi connectivity index (χ1n) is 7.50. The van der Waals surface area contributed by atoms with Crippen LogP contribution in [0.3, 0.4) is 0 Å². The van der Waals surface area contributed by atoms with Gasteiger partial charge >= 0.3 is 0 Å². The number of carbonyl (C=O) groups is 1. The highest BCUT2D eigenvalue weighted by atomic mass is 35.5. The first-order chi connectivity index (χ1) is 9.99. The third-order valence-corrected chi connectivity index (χ3v) is 5.14. The highest BCUT2D eigenvalue weighted by molar-refractivity contribution is 6.31. The maximum Gasteiger partial charge on any atom is 0.257 e. The summed E-state index contributed by atoms with van der Waals surface area (Å²) in [6.45, 7) is 1.08. The van der Waals surface area contributed by atoms with E-state index in [0.717, 1.165) is 25.7 Å². The van der Waals surface area contributed by atoms with Gasteiger partial charge in [-0.25, -0.2) is 0 Å². The SMILES string of the molecule is O=C(c1cc(Cl)ccc1O)N1CCC2(O)CCCCC2C1. The van der Waals surface area contributed by atoms with Crippen LogP contribution in [-0.4, -0.2) is 39.7 Å². The predicted octanol–water partition coefficient (Wildman–Crippen LogP) is 2.81. The fourth-order valence-corrected chi connectivity index (χ4v) is 3.78. The van der Waals surface area contributed by atoms with Crippen molar-refractivity contribution >= 4 is 17.5 Å². The topological polar surface area (TPSA) is 60.8 Å². The molecule has 1 heterocycles. The minimum atomic E-state index is -0.606. The van der Waals surface area contributed by atoms with Crippen LogP contribution >= 0.6 is 11.6 Å². The van der Waals surface area contributed by atoms with Crippen LogP contribution in [0.4, 0.5) is 0 Å². The molecule has 0 bridgehead atoms. The Kier molecular flexibility index (Phi) is 3.84. The summed E-state index contributed by atoms with van der Waals surface area (Å²) in [5.41, 5.74) is -0.366. The van der Waals surface area contributed by atoms with Gasteiger partial charge in [0.2, 0.25) is 0 Å². The third kappa shape index (κ3) is 2.74. The number of amides is 1. The number of carbonyl (C=O) groups excluding carboxylic acids is 1. The zero-order valence-corrected chi connectivity index (χ0v) is 12.6. The van der Waals surface area contributed by atoms with Crippen molar-refractivity contribution in [1.29, 1.82) is 0 Å². The number of fused-ring (bicyclic) bond motifs is 1. The standard InChI is InChI=1S/C16H20ClNO3/c17-12-4-5-14(19)13(9-12)15(20)18-8-7-16(21)6-2-1-3-11(16)10-18/h4-5,9,11,19,21H,1-3,6-8,10H2. The van der Waals surface area contributed by atoms with Crippen molar-refractivity contribution in [3.05, 3.63) is 28.8 Å². The van der Waals surface area contributed by atoms with Crippen LogP contribution in [0.15, 0.2) is 18.2 Å². The molecule has 1 amide bonds. The van der Waals surface area contributed by atoms with Crippen LogP contribution in [0.2, 0.25) is 5.02 Å². The lowest BCUT2D eigenvalue weighted by molar-refractivity contribution is -0.0886. The van der Waals surface area contributed by atoms with Crippen molar-refractivity contribution in [3.8, 4) is 5.75 Å². The molecule has 0 radical (unpaired) electrons. The van der Waals surface area contributed by atoms with Crippen LogP contribution in [0, 0.1) is 5.92 Å². The highest BCUT2D eigenvalue weighted by Gasteiger charge is 2.44. The molecule has 2 atom stereocenters. The number of hydrogen-bond donors (Lipinski definition) is 2. The molecular formula is C16H20ClNO3. The molecule has 1 aliphatic carbocycles. The van der Waals surface area contributed by atoms with Gasteiger partial charge in [0.25, 0.3) is 5.91 Å². The van der Waals surface area contributed by atoms with E-state index in [9.17, 15) is 15.0 Å². The lowest BCUT2D eigenvalue weighted by Gasteiger charge is -2.47. The normalized spacial score (nSPS) is 29.0. The maximum atomic E-state index is 12.6. The molecule has 2 fully saturated rings. The van der Waals surface area contributed by atoms with E-state index in [0.29, 0.717) is 24.5 Å². The molecule has 2 aliphatic rings. The Hall–Kier alpha value is -1.26. The summed E-state index contributed by atoms with van der Waals surface area (Å²) in [6.07, 6.45) is 4.59. The lowest BCUT2D eigenvalue weighted by atomic mass is 9.71. The smallest absolute Gasteiger partial charge is 0.257 e. The second-order valence-corrected chi connectivity index (χ2v) is 6.65. The fraction of sp³-hybridized carbons (Fsp3) is 0.562.